The highest BCUT2D eigenvalue weighted by atomic mass is 16.5. The molecule has 6 rings (SSSR count). The van der Waals surface area contributed by atoms with Gasteiger partial charge in [0.1, 0.15) is 30.4 Å². The van der Waals surface area contributed by atoms with Gasteiger partial charge in [-0.25, -0.2) is 0 Å². The lowest BCUT2D eigenvalue weighted by Crippen LogP contribution is -2.36. The minimum atomic E-state index is -0.915. The number of aromatic hydroxyl groups is 1. The number of rotatable bonds is 19. The van der Waals surface area contributed by atoms with Crippen molar-refractivity contribution in [3.8, 4) is 11.5 Å². The Morgan fingerprint density at radius 1 is 1.14 bits per heavy atom. The Balaban J connectivity index is 0.985. The molecule has 282 valence electrons. The topological polar surface area (TPSA) is 153 Å². The number of nitrogens with zero attached hydrogens (tertiary/aromatic N) is 1. The molecular weight excluding hydrogens is 642 g/mol. The number of aliphatic hydroxyl groups is 5. The summed E-state index contributed by atoms with van der Waals surface area (Å²) in [6.45, 7) is 3.99. The molecule has 0 bridgehead atoms. The van der Waals surface area contributed by atoms with Crippen molar-refractivity contribution in [1.82, 2.24) is 5.32 Å². The average molecular weight is 707 g/mol. The van der Waals surface area contributed by atoms with Crippen LogP contribution in [-0.2, 0) is 6.42 Å². The summed E-state index contributed by atoms with van der Waals surface area (Å²) in [6, 6.07) is 5.41. The van der Waals surface area contributed by atoms with E-state index in [0.717, 1.165) is 81.0 Å². The van der Waals surface area contributed by atoms with Gasteiger partial charge in [0.15, 0.2) is 17.6 Å². The first-order valence-electron chi connectivity index (χ1n) is 20.0. The summed E-state index contributed by atoms with van der Waals surface area (Å²) in [5.41, 5.74) is 10.1. The number of hydrogen-bond donors (Lipinski definition) is 6. The fraction of sp³-hybridized carbons (Fsp3) is 0.690. The molecule has 5 aliphatic rings. The van der Waals surface area contributed by atoms with Gasteiger partial charge in [0, 0.05) is 32.5 Å². The minimum Gasteiger partial charge on any atom is -0.504 e. The number of nitrogens with two attached hydrogens (primary N) is 1. The molecule has 0 saturated heterocycles. The van der Waals surface area contributed by atoms with E-state index in [4.69, 9.17) is 20.2 Å². The van der Waals surface area contributed by atoms with E-state index >= 15 is 0 Å². The van der Waals surface area contributed by atoms with Crippen molar-refractivity contribution in [3.63, 3.8) is 0 Å². The molecule has 6 atom stereocenters. The summed E-state index contributed by atoms with van der Waals surface area (Å²) >= 11 is 0. The van der Waals surface area contributed by atoms with Crippen LogP contribution in [0.25, 0.3) is 0 Å². The number of aliphatic imine (C=N–C) groups is 1. The quantitative estimate of drug-likeness (QED) is 0.0622. The van der Waals surface area contributed by atoms with Gasteiger partial charge in [0.05, 0.1) is 18.1 Å². The molecule has 2 heterocycles. The van der Waals surface area contributed by atoms with Crippen molar-refractivity contribution in [2.75, 3.05) is 32.8 Å². The zero-order chi connectivity index (χ0) is 35.8. The first-order valence-corrected chi connectivity index (χ1v) is 20.0. The van der Waals surface area contributed by atoms with Crippen molar-refractivity contribution < 1.29 is 29.9 Å². The number of phenols is 1. The van der Waals surface area contributed by atoms with Gasteiger partial charge in [-0.2, -0.15) is 0 Å². The third kappa shape index (κ3) is 9.72. The molecule has 51 heavy (non-hydrogen) atoms. The number of allylic oxidation sites excluding steroid dienone is 1. The SMILES string of the molecule is CC(O)CNCC1[C+]2C=C(C(O)COc3cc(CC[C-]4C=C(CO)C(CCCCC5(CCN)CCCC5)[OH+]4)ccc3O)N=C2CCC2CCCC21. The van der Waals surface area contributed by atoms with Crippen LogP contribution in [0.2, 0.25) is 0 Å². The van der Waals surface area contributed by atoms with Crippen LogP contribution in [0, 0.1) is 35.2 Å². The molecule has 2 aliphatic heterocycles. The molecule has 0 aromatic heterocycles. The summed E-state index contributed by atoms with van der Waals surface area (Å²) in [4.78, 5) is 4.92. The van der Waals surface area contributed by atoms with Gasteiger partial charge in [-0.15, -0.1) is 16.6 Å². The van der Waals surface area contributed by atoms with Gasteiger partial charge < -0.3 is 41.0 Å². The van der Waals surface area contributed by atoms with Gasteiger partial charge in [-0.05, 0) is 106 Å². The molecular formula is C42H64N3O6+. The molecule has 1 aromatic rings. The monoisotopic (exact) mass is 706 g/mol. The van der Waals surface area contributed by atoms with Gasteiger partial charge in [0.25, 0.3) is 0 Å². The molecule has 1 aromatic carbocycles. The smallest absolute Gasteiger partial charge is 0.208 e. The summed E-state index contributed by atoms with van der Waals surface area (Å²) < 4.78 is 11.0. The zero-order valence-electron chi connectivity index (χ0n) is 30.9. The number of nitrogens with one attached hydrogen (secondary N) is 1. The molecule has 9 heteroatoms. The van der Waals surface area contributed by atoms with Crippen molar-refractivity contribution in [2.24, 2.45) is 33.9 Å². The van der Waals surface area contributed by atoms with E-state index in [9.17, 15) is 20.4 Å². The number of fused-ring (bicyclic) bond motifs is 2. The van der Waals surface area contributed by atoms with Crippen LogP contribution in [0.4, 0.5) is 0 Å². The van der Waals surface area contributed by atoms with Crippen LogP contribution in [0.5, 0.6) is 11.5 Å². The van der Waals surface area contributed by atoms with E-state index in [-0.39, 0.29) is 25.1 Å². The van der Waals surface area contributed by atoms with Crippen LogP contribution in [0.1, 0.15) is 109 Å². The second-order valence-electron chi connectivity index (χ2n) is 16.2. The maximum Gasteiger partial charge on any atom is 0.208 e. The Hall–Kier alpha value is -2.53. The van der Waals surface area contributed by atoms with E-state index in [0.29, 0.717) is 41.2 Å². The first-order chi connectivity index (χ1) is 24.8. The normalized spacial score (nSPS) is 26.7. The standard InChI is InChI=1S/C42H63N3O6/c1-28(47)24-44-25-35-33-8-6-7-30(33)12-14-36-34(35)23-37(45-36)39(49)27-50-41-21-29(11-15-38(41)48)10-13-32-22-31(26-46)40(51-32)9-2-3-16-42(19-20-43)17-4-5-18-42/h11,15,21-23,28,30,33,35,39-40,44,46-47,49,51H,2-10,12-14,16-20,24-27,43H2,1H3/p+1. The van der Waals surface area contributed by atoms with Crippen LogP contribution < -0.4 is 15.8 Å². The second kappa shape index (κ2) is 18.0. The molecule has 3 saturated carbocycles. The number of hydrogen-bond acceptors (Lipinski definition) is 8. The largest absolute Gasteiger partial charge is 0.504 e. The number of unbranched alkanes of at least 4 members (excludes halogenated alkanes) is 1. The zero-order valence-corrected chi connectivity index (χ0v) is 30.9. The fourth-order valence-corrected chi connectivity index (χ4v) is 9.82. The van der Waals surface area contributed by atoms with Crippen LogP contribution in [0.3, 0.4) is 0 Å². The van der Waals surface area contributed by atoms with Crippen LogP contribution >= 0.6 is 0 Å². The number of aliphatic hydroxyl groups excluding tert-OH is 3. The lowest BCUT2D eigenvalue weighted by Gasteiger charge is -2.29. The Morgan fingerprint density at radius 3 is 2.76 bits per heavy atom. The van der Waals surface area contributed by atoms with Crippen molar-refractivity contribution in [2.45, 2.75) is 128 Å². The molecule has 8 N–H and O–H groups in total. The minimum absolute atomic E-state index is 0.00572. The van der Waals surface area contributed by atoms with Gasteiger partial charge >= 0.3 is 0 Å². The fourth-order valence-electron chi connectivity index (χ4n) is 9.82. The molecule has 0 spiro atoms. The van der Waals surface area contributed by atoms with Crippen molar-refractivity contribution in [1.29, 1.82) is 0 Å². The van der Waals surface area contributed by atoms with E-state index in [1.807, 2.05) is 12.1 Å². The number of benzene rings is 1. The van der Waals surface area contributed by atoms with Crippen molar-refractivity contribution in [3.05, 3.63) is 59.2 Å². The molecule has 9 nitrogen and oxygen atoms in total. The first kappa shape index (κ1) is 38.2. The summed E-state index contributed by atoms with van der Waals surface area (Å²) in [6.07, 6.45) is 22.2. The Morgan fingerprint density at radius 2 is 1.98 bits per heavy atom. The Labute approximate surface area is 305 Å². The van der Waals surface area contributed by atoms with Gasteiger partial charge in [-0.1, -0.05) is 38.2 Å². The van der Waals surface area contributed by atoms with Crippen LogP contribution in [-0.4, -0.2) is 82.0 Å². The molecule has 3 aliphatic carbocycles. The molecule has 0 radical (unpaired) electrons. The molecule has 6 unspecified atom stereocenters. The van der Waals surface area contributed by atoms with Gasteiger partial charge in [0.2, 0.25) is 5.70 Å². The Kier molecular flexibility index (Phi) is 13.5. The lowest BCUT2D eigenvalue weighted by atomic mass is 9.77. The second-order valence-corrected chi connectivity index (χ2v) is 16.2. The summed E-state index contributed by atoms with van der Waals surface area (Å²) in [7, 11) is 0. The van der Waals surface area contributed by atoms with Crippen molar-refractivity contribution >= 4 is 5.71 Å². The summed E-state index contributed by atoms with van der Waals surface area (Å²) in [5, 5.41) is 45.2. The number of ether oxygens (including phenoxy) is 2. The molecule has 0 amide bonds. The van der Waals surface area contributed by atoms with Gasteiger partial charge in [-0.3, -0.25) is 0 Å². The lowest BCUT2D eigenvalue weighted by molar-refractivity contribution is -0.0554. The highest BCUT2D eigenvalue weighted by molar-refractivity contribution is 6.03. The van der Waals surface area contributed by atoms with E-state index in [1.165, 1.54) is 63.7 Å². The highest BCUT2D eigenvalue weighted by Gasteiger charge is 2.49. The van der Waals surface area contributed by atoms with E-state index < -0.39 is 12.2 Å². The predicted octanol–water partition coefficient (Wildman–Crippen LogP) is 5.60. The average Bonchev–Trinajstić information content (AvgIpc) is 3.93. The molecule has 3 fully saturated rings. The van der Waals surface area contributed by atoms with Crippen LogP contribution in [0.15, 0.2) is 46.6 Å². The Bertz CT molecular complexity index is 1370. The third-order valence-electron chi connectivity index (χ3n) is 12.6. The third-order valence-corrected chi connectivity index (χ3v) is 12.6. The maximum absolute atomic E-state index is 11.2. The number of aryl methyl sites for hydroxylation is 1. The predicted molar refractivity (Wildman–Crippen MR) is 202 cm³/mol. The number of phenolic OH excluding ortho intramolecular Hbond substituents is 1. The summed E-state index contributed by atoms with van der Waals surface area (Å²) in [5.74, 6) is 3.26. The van der Waals surface area contributed by atoms with E-state index in [1.54, 1.807) is 13.0 Å². The highest BCUT2D eigenvalue weighted by Crippen LogP contribution is 2.49. The maximum atomic E-state index is 11.2. The van der Waals surface area contributed by atoms with E-state index in [2.05, 4.69) is 17.5 Å².